The zero-order valence-corrected chi connectivity index (χ0v) is 14.0. The normalized spacial score (nSPS) is 26.8. The van der Waals surface area contributed by atoms with Crippen LogP contribution in [-0.4, -0.2) is 35.6 Å². The zero-order valence-electron chi connectivity index (χ0n) is 14.0. The molecule has 0 spiro atoms. The van der Waals surface area contributed by atoms with Crippen LogP contribution in [0.2, 0.25) is 0 Å². The maximum atomic E-state index is 13.2. The van der Waals surface area contributed by atoms with Gasteiger partial charge in [0.25, 0.3) is 0 Å². The summed E-state index contributed by atoms with van der Waals surface area (Å²) in [5.74, 6) is 1.83. The van der Waals surface area contributed by atoms with Crippen molar-refractivity contribution in [1.29, 1.82) is 0 Å². The lowest BCUT2D eigenvalue weighted by Crippen LogP contribution is -2.46. The van der Waals surface area contributed by atoms with Crippen LogP contribution in [0.4, 0.5) is 16.2 Å². The van der Waals surface area contributed by atoms with Crippen LogP contribution in [0, 0.1) is 11.7 Å². The van der Waals surface area contributed by atoms with Gasteiger partial charge in [-0.25, -0.2) is 9.37 Å². The van der Waals surface area contributed by atoms with Crippen LogP contribution in [0.1, 0.15) is 24.3 Å². The van der Waals surface area contributed by atoms with Gasteiger partial charge in [0.15, 0.2) is 0 Å². The van der Waals surface area contributed by atoms with Gasteiger partial charge in [0.2, 0.25) is 5.95 Å². The lowest BCUT2D eigenvalue weighted by atomic mass is 9.81. The van der Waals surface area contributed by atoms with Gasteiger partial charge in [-0.15, -0.1) is 0 Å². The first-order valence-corrected chi connectivity index (χ1v) is 8.78. The number of hydrogen-bond donors (Lipinski definition) is 3. The molecule has 2 fully saturated rings. The van der Waals surface area contributed by atoms with E-state index < -0.39 is 0 Å². The highest BCUT2D eigenvalue weighted by Gasteiger charge is 2.37. The molecule has 0 saturated carbocycles. The Kier molecular flexibility index (Phi) is 4.50. The van der Waals surface area contributed by atoms with Crippen LogP contribution in [0.25, 0.3) is 0 Å². The van der Waals surface area contributed by atoms with Gasteiger partial charge in [-0.3, -0.25) is 10.9 Å². The second kappa shape index (κ2) is 6.93. The van der Waals surface area contributed by atoms with E-state index in [1.807, 2.05) is 18.2 Å². The Hall–Kier alpha value is -2.25. The Morgan fingerprint density at radius 1 is 1.20 bits per heavy atom. The molecule has 2 aliphatic heterocycles. The van der Waals surface area contributed by atoms with E-state index in [-0.39, 0.29) is 5.82 Å². The molecule has 0 amide bonds. The van der Waals surface area contributed by atoms with Crippen molar-refractivity contribution < 1.29 is 4.39 Å². The van der Waals surface area contributed by atoms with E-state index in [4.69, 9.17) is 5.73 Å². The second-order valence-corrected chi connectivity index (χ2v) is 6.83. The van der Waals surface area contributed by atoms with Gasteiger partial charge >= 0.3 is 0 Å². The van der Waals surface area contributed by atoms with Gasteiger partial charge in [-0.2, -0.15) is 4.98 Å². The maximum absolute atomic E-state index is 13.2. The minimum absolute atomic E-state index is 0.190. The number of nitrogens with zero attached hydrogens (tertiary/aromatic N) is 3. The molecule has 2 saturated heterocycles. The van der Waals surface area contributed by atoms with E-state index in [0.29, 0.717) is 23.8 Å². The summed E-state index contributed by atoms with van der Waals surface area (Å²) < 4.78 is 13.2. The van der Waals surface area contributed by atoms with E-state index in [9.17, 15) is 4.39 Å². The summed E-state index contributed by atoms with van der Waals surface area (Å²) in [4.78, 5) is 10.6. The zero-order chi connectivity index (χ0) is 17.2. The molecule has 2 aliphatic rings. The average molecular weight is 342 g/mol. The summed E-state index contributed by atoms with van der Waals surface area (Å²) in [6.07, 6.45) is 3.98. The molecule has 7 heteroatoms. The number of aromatic nitrogens is 2. The van der Waals surface area contributed by atoms with Crippen molar-refractivity contribution in [1.82, 2.24) is 20.8 Å². The van der Waals surface area contributed by atoms with Crippen molar-refractivity contribution in [3.63, 3.8) is 0 Å². The third-order valence-corrected chi connectivity index (χ3v) is 5.27. The van der Waals surface area contributed by atoms with Crippen LogP contribution in [0.3, 0.4) is 0 Å². The van der Waals surface area contributed by atoms with Crippen LogP contribution < -0.4 is 21.5 Å². The van der Waals surface area contributed by atoms with Crippen LogP contribution in [0.5, 0.6) is 0 Å². The number of nitrogens with one attached hydrogen (secondary N) is 2. The molecule has 6 nitrogen and oxygen atoms in total. The second-order valence-electron chi connectivity index (χ2n) is 6.83. The van der Waals surface area contributed by atoms with E-state index in [0.717, 1.165) is 38.3 Å². The molecule has 3 unspecified atom stereocenters. The minimum atomic E-state index is -0.190. The van der Waals surface area contributed by atoms with E-state index in [1.54, 1.807) is 18.3 Å². The minimum Gasteiger partial charge on any atom is -0.368 e. The Morgan fingerprint density at radius 2 is 2.04 bits per heavy atom. The number of piperidine rings is 1. The molecule has 2 aromatic rings. The molecule has 0 bridgehead atoms. The van der Waals surface area contributed by atoms with E-state index in [2.05, 4.69) is 25.7 Å². The molecule has 1 aromatic heterocycles. The summed E-state index contributed by atoms with van der Waals surface area (Å²) in [5, 5.41) is 0. The smallest absolute Gasteiger partial charge is 0.221 e. The molecule has 0 aliphatic carbocycles. The van der Waals surface area contributed by atoms with Crippen LogP contribution >= 0.6 is 0 Å². The van der Waals surface area contributed by atoms with E-state index in [1.165, 1.54) is 5.56 Å². The number of nitrogen functional groups attached to an aromatic ring is 1. The standard InChI is InChI=1S/C18H23FN6/c19-14-5-3-12(4-6-14)15-10-22-24-17(15)13-2-1-9-25(11-13)16-7-8-21-18(20)23-16/h3-8,13,15,17,22,24H,1-2,9-11H2,(H2,20,21,23). The van der Waals surface area contributed by atoms with Gasteiger partial charge in [0, 0.05) is 37.8 Å². The molecule has 132 valence electrons. The highest BCUT2D eigenvalue weighted by atomic mass is 19.1. The highest BCUT2D eigenvalue weighted by molar-refractivity contribution is 5.41. The molecule has 4 rings (SSSR count). The Balaban J connectivity index is 1.51. The van der Waals surface area contributed by atoms with Crippen molar-refractivity contribution >= 4 is 11.8 Å². The quantitative estimate of drug-likeness (QED) is 0.788. The highest BCUT2D eigenvalue weighted by Crippen LogP contribution is 2.32. The fraction of sp³-hybridized carbons (Fsp3) is 0.444. The maximum Gasteiger partial charge on any atom is 0.221 e. The predicted molar refractivity (Wildman–Crippen MR) is 95.4 cm³/mol. The molecule has 1 aromatic carbocycles. The summed E-state index contributed by atoms with van der Waals surface area (Å²) in [5.41, 5.74) is 13.6. The fourth-order valence-electron chi connectivity index (χ4n) is 4.05. The topological polar surface area (TPSA) is 79.1 Å². The van der Waals surface area contributed by atoms with Gasteiger partial charge in [-0.05, 0) is 42.5 Å². The van der Waals surface area contributed by atoms with Crippen molar-refractivity contribution in [2.45, 2.75) is 24.8 Å². The largest absolute Gasteiger partial charge is 0.368 e. The Morgan fingerprint density at radius 3 is 2.84 bits per heavy atom. The summed E-state index contributed by atoms with van der Waals surface area (Å²) in [6, 6.07) is 9.10. The van der Waals surface area contributed by atoms with Gasteiger partial charge in [0.05, 0.1) is 0 Å². The molecular formula is C18H23FN6. The van der Waals surface area contributed by atoms with Crippen molar-refractivity contribution in [3.8, 4) is 0 Å². The third kappa shape index (κ3) is 3.43. The number of rotatable bonds is 3. The number of halogens is 1. The molecule has 25 heavy (non-hydrogen) atoms. The first kappa shape index (κ1) is 16.2. The van der Waals surface area contributed by atoms with Gasteiger partial charge in [0.1, 0.15) is 11.6 Å². The molecule has 4 N–H and O–H groups in total. The van der Waals surface area contributed by atoms with Crippen molar-refractivity contribution in [3.05, 3.63) is 47.9 Å². The first-order chi connectivity index (χ1) is 12.2. The van der Waals surface area contributed by atoms with Crippen LogP contribution in [0.15, 0.2) is 36.5 Å². The van der Waals surface area contributed by atoms with E-state index >= 15 is 0 Å². The fourth-order valence-corrected chi connectivity index (χ4v) is 4.05. The number of anilines is 2. The lowest BCUT2D eigenvalue weighted by Gasteiger charge is -2.38. The molecular weight excluding hydrogens is 319 g/mol. The lowest BCUT2D eigenvalue weighted by molar-refractivity contribution is 0.304. The van der Waals surface area contributed by atoms with Gasteiger partial charge in [-0.1, -0.05) is 12.1 Å². The molecule has 3 atom stereocenters. The average Bonchev–Trinajstić information content (AvgIpc) is 3.12. The predicted octanol–water partition coefficient (Wildman–Crippen LogP) is 1.67. The van der Waals surface area contributed by atoms with Crippen molar-refractivity contribution in [2.75, 3.05) is 30.3 Å². The summed E-state index contributed by atoms with van der Waals surface area (Å²) in [6.45, 7) is 2.76. The third-order valence-electron chi connectivity index (χ3n) is 5.27. The molecule has 3 heterocycles. The van der Waals surface area contributed by atoms with Crippen molar-refractivity contribution in [2.24, 2.45) is 5.92 Å². The summed E-state index contributed by atoms with van der Waals surface area (Å²) >= 11 is 0. The first-order valence-electron chi connectivity index (χ1n) is 8.78. The number of nitrogens with two attached hydrogens (primary N) is 1. The summed E-state index contributed by atoms with van der Waals surface area (Å²) in [7, 11) is 0. The van der Waals surface area contributed by atoms with Crippen LogP contribution in [-0.2, 0) is 0 Å². The Bertz CT molecular complexity index is 722. The number of benzene rings is 1. The monoisotopic (exact) mass is 342 g/mol. The Labute approximate surface area is 146 Å². The number of hydrogen-bond acceptors (Lipinski definition) is 6. The SMILES string of the molecule is Nc1nccc(N2CCCC(C3NNCC3c3ccc(F)cc3)C2)n1. The molecule has 0 radical (unpaired) electrons. The van der Waals surface area contributed by atoms with Gasteiger partial charge < -0.3 is 10.6 Å². The number of hydrazine groups is 1.